The van der Waals surface area contributed by atoms with E-state index in [4.69, 9.17) is 9.47 Å². The average Bonchev–Trinajstić information content (AvgIpc) is 2.73. The molecule has 30 heavy (non-hydrogen) atoms. The molecule has 0 radical (unpaired) electrons. The topological polar surface area (TPSA) is 54.3 Å². The van der Waals surface area contributed by atoms with Crippen molar-refractivity contribution in [3.8, 4) is 17.6 Å². The first-order chi connectivity index (χ1) is 14.0. The summed E-state index contributed by atoms with van der Waals surface area (Å²) in [4.78, 5) is 0. The van der Waals surface area contributed by atoms with Gasteiger partial charge in [-0.15, -0.1) is 12.4 Å². The Hall–Kier alpha value is -2.22. The fourth-order valence-electron chi connectivity index (χ4n) is 3.94. The number of nitrogens with zero attached hydrogens (tertiary/aromatic N) is 1. The van der Waals surface area contributed by atoms with Crippen molar-refractivity contribution in [3.63, 3.8) is 0 Å². The zero-order chi connectivity index (χ0) is 21.3. The molecule has 0 aliphatic rings. The zero-order valence-corrected chi connectivity index (χ0v) is 19.6. The molecule has 2 rings (SSSR count). The van der Waals surface area contributed by atoms with Gasteiger partial charge in [0.05, 0.1) is 25.7 Å². The third kappa shape index (κ3) is 6.14. The summed E-state index contributed by atoms with van der Waals surface area (Å²) in [7, 11) is 3.30. The van der Waals surface area contributed by atoms with Gasteiger partial charge in [0.1, 0.15) is 0 Å². The summed E-state index contributed by atoms with van der Waals surface area (Å²) in [5.74, 6) is 1.78. The van der Waals surface area contributed by atoms with Crippen LogP contribution in [0.3, 0.4) is 0 Å². The Morgan fingerprint density at radius 3 is 2.33 bits per heavy atom. The van der Waals surface area contributed by atoms with Crippen LogP contribution in [0.1, 0.15) is 43.4 Å². The van der Waals surface area contributed by atoms with Gasteiger partial charge >= 0.3 is 0 Å². The molecule has 0 spiro atoms. The second-order valence-corrected chi connectivity index (χ2v) is 7.85. The molecular formula is C25H35ClN2O2. The van der Waals surface area contributed by atoms with Gasteiger partial charge in [-0.1, -0.05) is 44.2 Å². The van der Waals surface area contributed by atoms with Crippen LogP contribution in [0.5, 0.6) is 11.5 Å². The van der Waals surface area contributed by atoms with Crippen LogP contribution in [0.15, 0.2) is 42.5 Å². The molecule has 0 aromatic heterocycles. The molecular weight excluding hydrogens is 396 g/mol. The van der Waals surface area contributed by atoms with Crippen molar-refractivity contribution < 1.29 is 9.47 Å². The standard InChI is InChI=1S/C25H34N2O2.ClH/c1-19(2)25(18-26,22-10-7-6-9-20(22)3)14-8-15-27-16-13-21-11-12-23(28-4)24(17-21)29-5;/h6-7,9-12,17,19,27H,8,13-16H2,1-5H3;1H. The van der Waals surface area contributed by atoms with Crippen LogP contribution < -0.4 is 14.8 Å². The number of halogens is 1. The summed E-state index contributed by atoms with van der Waals surface area (Å²) >= 11 is 0. The van der Waals surface area contributed by atoms with E-state index in [-0.39, 0.29) is 18.3 Å². The number of rotatable bonds is 11. The summed E-state index contributed by atoms with van der Waals surface area (Å²) in [5, 5.41) is 13.6. The predicted molar refractivity (Wildman–Crippen MR) is 126 cm³/mol. The SMILES string of the molecule is COc1ccc(CCNCCCC(C#N)(c2ccccc2C)C(C)C)cc1OC.Cl. The Morgan fingerprint density at radius 2 is 1.73 bits per heavy atom. The first kappa shape index (κ1) is 25.8. The van der Waals surface area contributed by atoms with E-state index < -0.39 is 5.41 Å². The van der Waals surface area contributed by atoms with Gasteiger partial charge in [0.15, 0.2) is 11.5 Å². The van der Waals surface area contributed by atoms with Crippen LogP contribution in [0.25, 0.3) is 0 Å². The van der Waals surface area contributed by atoms with E-state index in [0.717, 1.165) is 43.9 Å². The Labute approximate surface area is 188 Å². The Bertz CT molecular complexity index is 832. The lowest BCUT2D eigenvalue weighted by Crippen LogP contribution is -2.33. The van der Waals surface area contributed by atoms with E-state index in [2.05, 4.69) is 50.4 Å². The van der Waals surface area contributed by atoms with E-state index in [1.165, 1.54) is 16.7 Å². The highest BCUT2D eigenvalue weighted by Crippen LogP contribution is 2.38. The zero-order valence-electron chi connectivity index (χ0n) is 18.8. The lowest BCUT2D eigenvalue weighted by molar-refractivity contribution is 0.354. The van der Waals surface area contributed by atoms with E-state index in [1.807, 2.05) is 24.3 Å². The summed E-state index contributed by atoms with van der Waals surface area (Å²) in [6.45, 7) is 8.20. The normalized spacial score (nSPS) is 12.6. The summed E-state index contributed by atoms with van der Waals surface area (Å²) < 4.78 is 10.7. The van der Waals surface area contributed by atoms with Gasteiger partial charge in [-0.05, 0) is 74.0 Å². The molecule has 0 aliphatic heterocycles. The van der Waals surface area contributed by atoms with Crippen LogP contribution >= 0.6 is 12.4 Å². The number of benzene rings is 2. The number of ether oxygens (including phenoxy) is 2. The molecule has 0 fully saturated rings. The highest BCUT2D eigenvalue weighted by atomic mass is 35.5. The van der Waals surface area contributed by atoms with Crippen LogP contribution in [-0.2, 0) is 11.8 Å². The first-order valence-corrected chi connectivity index (χ1v) is 10.4. The number of hydrogen-bond donors (Lipinski definition) is 1. The van der Waals surface area contributed by atoms with Crippen LogP contribution in [0, 0.1) is 24.2 Å². The molecule has 0 bridgehead atoms. The van der Waals surface area contributed by atoms with Crippen molar-refractivity contribution in [2.24, 2.45) is 5.92 Å². The third-order valence-electron chi connectivity index (χ3n) is 5.77. The molecule has 1 N–H and O–H groups in total. The molecule has 2 aromatic carbocycles. The van der Waals surface area contributed by atoms with Crippen molar-refractivity contribution in [2.75, 3.05) is 27.3 Å². The van der Waals surface area contributed by atoms with Crippen LogP contribution in [0.2, 0.25) is 0 Å². The molecule has 4 nitrogen and oxygen atoms in total. The molecule has 5 heteroatoms. The van der Waals surface area contributed by atoms with Crippen LogP contribution in [-0.4, -0.2) is 27.3 Å². The van der Waals surface area contributed by atoms with E-state index in [9.17, 15) is 5.26 Å². The van der Waals surface area contributed by atoms with E-state index in [0.29, 0.717) is 0 Å². The summed E-state index contributed by atoms with van der Waals surface area (Å²) in [6.07, 6.45) is 2.74. The number of nitriles is 1. The maximum absolute atomic E-state index is 10.1. The van der Waals surface area contributed by atoms with Gasteiger partial charge in [0.2, 0.25) is 0 Å². The lowest BCUT2D eigenvalue weighted by Gasteiger charge is -2.33. The fourth-order valence-corrected chi connectivity index (χ4v) is 3.94. The monoisotopic (exact) mass is 430 g/mol. The lowest BCUT2D eigenvalue weighted by atomic mass is 9.68. The van der Waals surface area contributed by atoms with Crippen molar-refractivity contribution in [3.05, 3.63) is 59.2 Å². The molecule has 0 saturated carbocycles. The largest absolute Gasteiger partial charge is 0.493 e. The quantitative estimate of drug-likeness (QED) is 0.480. The maximum atomic E-state index is 10.1. The number of methoxy groups -OCH3 is 2. The minimum Gasteiger partial charge on any atom is -0.493 e. The number of aryl methyl sites for hydroxylation is 1. The van der Waals surface area contributed by atoms with Crippen molar-refractivity contribution in [2.45, 2.75) is 45.4 Å². The average molecular weight is 431 g/mol. The van der Waals surface area contributed by atoms with E-state index in [1.54, 1.807) is 14.2 Å². The molecule has 0 aliphatic carbocycles. The van der Waals surface area contributed by atoms with Gasteiger partial charge < -0.3 is 14.8 Å². The minimum atomic E-state index is -0.434. The fraction of sp³-hybridized carbons (Fsp3) is 0.480. The Morgan fingerprint density at radius 1 is 1.03 bits per heavy atom. The summed E-state index contributed by atoms with van der Waals surface area (Å²) in [5.41, 5.74) is 3.15. The van der Waals surface area contributed by atoms with Crippen molar-refractivity contribution >= 4 is 12.4 Å². The van der Waals surface area contributed by atoms with Gasteiger partial charge in [-0.2, -0.15) is 5.26 Å². The minimum absolute atomic E-state index is 0. The molecule has 164 valence electrons. The van der Waals surface area contributed by atoms with Gasteiger partial charge in [0, 0.05) is 0 Å². The molecule has 0 amide bonds. The molecule has 1 atom stereocenters. The van der Waals surface area contributed by atoms with Crippen LogP contribution in [0.4, 0.5) is 0 Å². The predicted octanol–water partition coefficient (Wildman–Crippen LogP) is 5.46. The first-order valence-electron chi connectivity index (χ1n) is 10.4. The smallest absolute Gasteiger partial charge is 0.160 e. The van der Waals surface area contributed by atoms with Crippen molar-refractivity contribution in [1.29, 1.82) is 5.26 Å². The van der Waals surface area contributed by atoms with Gasteiger partial charge in [0.25, 0.3) is 0 Å². The highest BCUT2D eigenvalue weighted by molar-refractivity contribution is 5.85. The highest BCUT2D eigenvalue weighted by Gasteiger charge is 2.36. The van der Waals surface area contributed by atoms with Gasteiger partial charge in [-0.3, -0.25) is 0 Å². The number of nitrogens with one attached hydrogen (secondary N) is 1. The van der Waals surface area contributed by atoms with E-state index >= 15 is 0 Å². The van der Waals surface area contributed by atoms with Gasteiger partial charge in [-0.25, -0.2) is 0 Å². The Kier molecular flexibility index (Phi) is 10.7. The number of hydrogen-bond acceptors (Lipinski definition) is 4. The molecule has 2 aromatic rings. The molecule has 0 saturated heterocycles. The second kappa shape index (κ2) is 12.5. The molecule has 0 heterocycles. The van der Waals surface area contributed by atoms with Crippen molar-refractivity contribution in [1.82, 2.24) is 5.32 Å². The second-order valence-electron chi connectivity index (χ2n) is 7.85. The summed E-state index contributed by atoms with van der Waals surface area (Å²) in [6, 6.07) is 17.0. The third-order valence-corrected chi connectivity index (χ3v) is 5.77. The Balaban J connectivity index is 0.00000450. The maximum Gasteiger partial charge on any atom is 0.160 e. The molecule has 1 unspecified atom stereocenters.